The lowest BCUT2D eigenvalue weighted by Gasteiger charge is -2.40. The molecule has 1 N–H and O–H groups in total. The maximum atomic E-state index is 13.1. The van der Waals surface area contributed by atoms with Crippen molar-refractivity contribution in [3.05, 3.63) is 70.3 Å². The molecule has 0 bridgehead atoms. The van der Waals surface area contributed by atoms with Crippen molar-refractivity contribution in [2.45, 2.75) is 30.3 Å². The van der Waals surface area contributed by atoms with Crippen LogP contribution in [0.4, 0.5) is 4.79 Å². The Morgan fingerprint density at radius 2 is 1.74 bits per heavy atom. The number of rotatable bonds is 4. The molecule has 0 aromatic heterocycles. The number of ether oxygens (including phenoxy) is 2. The van der Waals surface area contributed by atoms with E-state index >= 15 is 0 Å². The predicted octanol–water partition coefficient (Wildman–Crippen LogP) is 4.35. The molecule has 2 fully saturated rings. The number of piperidine rings is 1. The van der Waals surface area contributed by atoms with Gasteiger partial charge in [0, 0.05) is 55.0 Å². The first-order chi connectivity index (χ1) is 18.6. The number of aliphatic hydroxyl groups is 1. The van der Waals surface area contributed by atoms with E-state index in [0.717, 1.165) is 5.41 Å². The number of carbonyl (C=O) groups excluding carboxylic acids is 2. The average molecular weight is 573 g/mol. The molecule has 0 unspecified atom stereocenters. The Balaban J connectivity index is 1.41. The van der Waals surface area contributed by atoms with E-state index in [1.807, 2.05) is 0 Å². The van der Waals surface area contributed by atoms with Crippen LogP contribution in [0.15, 0.2) is 59.0 Å². The van der Waals surface area contributed by atoms with Gasteiger partial charge in [0.05, 0.1) is 18.1 Å². The third-order valence-corrected chi connectivity index (χ3v) is 9.22. The van der Waals surface area contributed by atoms with Gasteiger partial charge in [-0.2, -0.15) is 0 Å². The molecule has 3 aliphatic heterocycles. The number of halogens is 1. The minimum Gasteiger partial charge on any atom is -0.507 e. The minimum atomic E-state index is -3.63. The average Bonchev–Trinajstić information content (AvgIpc) is 3.18. The maximum Gasteiger partial charge on any atom is 0.343 e. The Morgan fingerprint density at radius 1 is 1.08 bits per heavy atom. The van der Waals surface area contributed by atoms with Gasteiger partial charge in [-0.3, -0.25) is 0 Å². The second kappa shape index (κ2) is 10.3. The Bertz CT molecular complexity index is 1490. The lowest BCUT2D eigenvalue weighted by molar-refractivity contribution is -0.150. The van der Waals surface area contributed by atoms with Gasteiger partial charge in [-0.25, -0.2) is 18.0 Å². The first-order valence-corrected chi connectivity index (χ1v) is 14.6. The number of esters is 1. The molecule has 0 aliphatic carbocycles. The van der Waals surface area contributed by atoms with Crippen LogP contribution in [0.25, 0.3) is 16.7 Å². The number of carbonyl (C=O) groups is 2. The van der Waals surface area contributed by atoms with Gasteiger partial charge in [-0.05, 0) is 47.9 Å². The first-order valence-electron chi connectivity index (χ1n) is 12.6. The second-order valence-corrected chi connectivity index (χ2v) is 12.2. The van der Waals surface area contributed by atoms with Crippen LogP contribution in [0.5, 0.6) is 0 Å². The number of amides is 2. The number of urea groups is 1. The highest BCUT2D eigenvalue weighted by Gasteiger charge is 2.51. The van der Waals surface area contributed by atoms with Gasteiger partial charge in [-0.15, -0.1) is 0 Å². The summed E-state index contributed by atoms with van der Waals surface area (Å²) in [5.74, 6) is -0.802. The van der Waals surface area contributed by atoms with Gasteiger partial charge in [0.2, 0.25) is 0 Å². The zero-order chi connectivity index (χ0) is 27.9. The molecule has 0 atom stereocenters. The van der Waals surface area contributed by atoms with Crippen LogP contribution in [0.1, 0.15) is 24.0 Å². The van der Waals surface area contributed by atoms with Gasteiger partial charge in [0.15, 0.2) is 21.2 Å². The van der Waals surface area contributed by atoms with Gasteiger partial charge >= 0.3 is 12.0 Å². The van der Waals surface area contributed by atoms with E-state index in [-0.39, 0.29) is 40.1 Å². The number of aryl methyl sites for hydroxylation is 1. The molecule has 2 aromatic rings. The molecule has 206 valence electrons. The topological polar surface area (TPSA) is 113 Å². The quantitative estimate of drug-likeness (QED) is 0.542. The number of likely N-dealkylation sites (tertiary alicyclic amines) is 1. The highest BCUT2D eigenvalue weighted by Crippen LogP contribution is 2.45. The van der Waals surface area contributed by atoms with Gasteiger partial charge in [0.25, 0.3) is 0 Å². The van der Waals surface area contributed by atoms with E-state index in [1.165, 1.54) is 12.1 Å². The molecule has 11 heteroatoms. The number of nitrogens with zero attached hydrogens (tertiary/aromatic N) is 2. The molecular formula is C28H29ClN2O7S. The molecule has 39 heavy (non-hydrogen) atoms. The van der Waals surface area contributed by atoms with E-state index in [2.05, 4.69) is 6.58 Å². The zero-order valence-electron chi connectivity index (χ0n) is 21.5. The van der Waals surface area contributed by atoms with E-state index < -0.39 is 21.4 Å². The molecule has 2 aromatic carbocycles. The standard InChI is InChI=1S/C28H29ClN2O7S/c1-3-39(35,36)20-6-4-5-19(16-20)22-15-18(2)21(17-23(22)29)24-25(32)28(38-26(24)33)7-9-30(10-8-28)27(34)31-11-13-37-14-12-31/h3-6,15-17,32H,1,7-14H2,2H3. The van der Waals surface area contributed by atoms with Crippen molar-refractivity contribution < 1.29 is 32.6 Å². The van der Waals surface area contributed by atoms with E-state index in [0.29, 0.717) is 61.6 Å². The summed E-state index contributed by atoms with van der Waals surface area (Å²) in [6.45, 7) is 7.91. The monoisotopic (exact) mass is 572 g/mol. The molecular weight excluding hydrogens is 544 g/mol. The van der Waals surface area contributed by atoms with Crippen LogP contribution < -0.4 is 0 Å². The lowest BCUT2D eigenvalue weighted by atomic mass is 9.86. The highest BCUT2D eigenvalue weighted by molar-refractivity contribution is 7.94. The van der Waals surface area contributed by atoms with Crippen molar-refractivity contribution in [3.8, 4) is 11.1 Å². The molecule has 5 rings (SSSR count). The third kappa shape index (κ3) is 4.92. The van der Waals surface area contributed by atoms with Crippen molar-refractivity contribution in [1.82, 2.24) is 9.80 Å². The van der Waals surface area contributed by atoms with Crippen LogP contribution in [-0.4, -0.2) is 80.3 Å². The predicted molar refractivity (Wildman–Crippen MR) is 146 cm³/mol. The fourth-order valence-corrected chi connectivity index (χ4v) is 6.33. The summed E-state index contributed by atoms with van der Waals surface area (Å²) < 4.78 is 35.6. The van der Waals surface area contributed by atoms with E-state index in [9.17, 15) is 23.1 Å². The van der Waals surface area contributed by atoms with Crippen molar-refractivity contribution in [2.75, 3.05) is 39.4 Å². The van der Waals surface area contributed by atoms with Gasteiger partial charge < -0.3 is 24.4 Å². The molecule has 0 radical (unpaired) electrons. The van der Waals surface area contributed by atoms with Gasteiger partial charge in [-0.1, -0.05) is 30.3 Å². The largest absolute Gasteiger partial charge is 0.507 e. The van der Waals surface area contributed by atoms with Gasteiger partial charge in [0.1, 0.15) is 5.57 Å². The molecule has 3 heterocycles. The van der Waals surface area contributed by atoms with Crippen LogP contribution in [0.2, 0.25) is 5.02 Å². The number of sulfone groups is 1. The summed E-state index contributed by atoms with van der Waals surface area (Å²) in [7, 11) is -3.63. The second-order valence-electron chi connectivity index (χ2n) is 9.86. The summed E-state index contributed by atoms with van der Waals surface area (Å²) in [5.41, 5.74) is 1.11. The summed E-state index contributed by atoms with van der Waals surface area (Å²) in [5, 5.41) is 12.5. The van der Waals surface area contributed by atoms with Crippen molar-refractivity contribution in [3.63, 3.8) is 0 Å². The molecule has 2 saturated heterocycles. The van der Waals surface area contributed by atoms with Crippen LogP contribution >= 0.6 is 11.6 Å². The van der Waals surface area contributed by atoms with E-state index in [4.69, 9.17) is 21.1 Å². The molecule has 2 amide bonds. The minimum absolute atomic E-state index is 0.0527. The summed E-state index contributed by atoms with van der Waals surface area (Å²) >= 11 is 6.63. The Hall–Kier alpha value is -3.34. The number of aliphatic hydroxyl groups excluding tert-OH is 1. The zero-order valence-corrected chi connectivity index (χ0v) is 23.1. The Kier molecular flexibility index (Phi) is 7.21. The number of hydrogen-bond donors (Lipinski definition) is 1. The number of benzene rings is 2. The summed E-state index contributed by atoms with van der Waals surface area (Å²) in [6, 6.07) is 9.61. The molecule has 3 aliphatic rings. The molecule has 0 saturated carbocycles. The highest BCUT2D eigenvalue weighted by atomic mass is 35.5. The fraction of sp³-hybridized carbons (Fsp3) is 0.357. The smallest absolute Gasteiger partial charge is 0.343 e. The SMILES string of the molecule is C=CS(=O)(=O)c1cccc(-c2cc(C)c(C3=C(O)C4(CCN(C(=O)N5CCOCC5)CC4)OC3=O)cc2Cl)c1. The summed E-state index contributed by atoms with van der Waals surface area (Å²) in [4.78, 5) is 29.5. The van der Waals surface area contributed by atoms with Crippen LogP contribution in [-0.2, 0) is 24.1 Å². The lowest BCUT2D eigenvalue weighted by Crippen LogP contribution is -2.53. The van der Waals surface area contributed by atoms with Crippen LogP contribution in [0.3, 0.4) is 0 Å². The normalized spacial score (nSPS) is 19.4. The van der Waals surface area contributed by atoms with Crippen LogP contribution in [0, 0.1) is 6.92 Å². The number of hydrogen-bond acceptors (Lipinski definition) is 7. The fourth-order valence-electron chi connectivity index (χ4n) is 5.30. The van der Waals surface area contributed by atoms with Crippen molar-refractivity contribution in [2.24, 2.45) is 0 Å². The molecule has 1 spiro atoms. The molecule has 9 nitrogen and oxygen atoms in total. The first kappa shape index (κ1) is 27.2. The van der Waals surface area contributed by atoms with E-state index in [1.54, 1.807) is 41.0 Å². The third-order valence-electron chi connectivity index (χ3n) is 7.56. The number of morpholine rings is 1. The van der Waals surface area contributed by atoms with Crippen molar-refractivity contribution >= 4 is 39.0 Å². The maximum absolute atomic E-state index is 13.1. The Morgan fingerprint density at radius 3 is 2.41 bits per heavy atom. The van der Waals surface area contributed by atoms with Crippen molar-refractivity contribution in [1.29, 1.82) is 0 Å². The summed E-state index contributed by atoms with van der Waals surface area (Å²) in [6.07, 6.45) is 0.555. The Labute approximate surface area is 232 Å².